The molecule has 0 spiro atoms. The van der Waals surface area contributed by atoms with Crippen molar-refractivity contribution in [1.82, 2.24) is 4.72 Å². The van der Waals surface area contributed by atoms with Crippen LogP contribution in [-0.2, 0) is 20.0 Å². The Labute approximate surface area is 113 Å². The van der Waals surface area contributed by atoms with Gasteiger partial charge in [0.2, 0.25) is 20.0 Å². The maximum absolute atomic E-state index is 12.1. The molecule has 6 nitrogen and oxygen atoms in total. The Bertz CT molecular complexity index is 708. The van der Waals surface area contributed by atoms with Crippen molar-refractivity contribution in [1.29, 1.82) is 0 Å². The molecule has 0 aromatic heterocycles. The summed E-state index contributed by atoms with van der Waals surface area (Å²) in [5.41, 5.74) is -0.0510. The molecule has 0 radical (unpaired) electrons. The van der Waals surface area contributed by atoms with Crippen LogP contribution in [0.25, 0.3) is 0 Å². The summed E-state index contributed by atoms with van der Waals surface area (Å²) in [4.78, 5) is -0.313. The van der Waals surface area contributed by atoms with E-state index in [2.05, 4.69) is 4.72 Å². The van der Waals surface area contributed by atoms with Crippen molar-refractivity contribution < 1.29 is 16.8 Å². The lowest BCUT2D eigenvalue weighted by atomic mass is 10.2. The molecule has 2 rings (SSSR count). The Morgan fingerprint density at radius 3 is 2.21 bits per heavy atom. The van der Waals surface area contributed by atoms with Crippen LogP contribution in [0.3, 0.4) is 0 Å². The molecule has 0 heterocycles. The van der Waals surface area contributed by atoms with E-state index in [9.17, 15) is 16.8 Å². The molecule has 0 aliphatic heterocycles. The number of benzene rings is 1. The van der Waals surface area contributed by atoms with E-state index >= 15 is 0 Å². The van der Waals surface area contributed by atoms with E-state index < -0.39 is 20.0 Å². The van der Waals surface area contributed by atoms with Gasteiger partial charge in [0.1, 0.15) is 0 Å². The Morgan fingerprint density at radius 2 is 1.74 bits per heavy atom. The fourth-order valence-corrected chi connectivity index (χ4v) is 3.83. The number of nitrogens with two attached hydrogens (primary N) is 1. The van der Waals surface area contributed by atoms with Crippen molar-refractivity contribution in [3.8, 4) is 0 Å². The first kappa shape index (κ1) is 14.4. The lowest BCUT2D eigenvalue weighted by Gasteiger charge is -2.09. The highest BCUT2D eigenvalue weighted by atomic mass is 32.2. The van der Waals surface area contributed by atoms with Gasteiger partial charge < -0.3 is 0 Å². The van der Waals surface area contributed by atoms with E-state index in [1.807, 2.05) is 13.8 Å². The van der Waals surface area contributed by atoms with Crippen LogP contribution in [0, 0.1) is 5.41 Å². The minimum absolute atomic E-state index is 0.0510. The third kappa shape index (κ3) is 3.14. The van der Waals surface area contributed by atoms with E-state index in [1.165, 1.54) is 18.2 Å². The quantitative estimate of drug-likeness (QED) is 0.840. The second kappa shape index (κ2) is 4.27. The number of hydrogen-bond donors (Lipinski definition) is 2. The lowest BCUT2D eigenvalue weighted by molar-refractivity contribution is 0.554. The molecule has 3 N–H and O–H groups in total. The maximum atomic E-state index is 12.1. The number of rotatable bonds is 4. The predicted molar refractivity (Wildman–Crippen MR) is 70.3 cm³/mol. The standard InChI is InChI=1S/C11H16N2O4S2/c1-11(2)7-10(11)13-19(16,17)9-5-3-4-8(6-9)18(12,14)15/h3-6,10,13H,7H2,1-2H3,(H2,12,14,15). The summed E-state index contributed by atoms with van der Waals surface area (Å²) >= 11 is 0. The highest BCUT2D eigenvalue weighted by molar-refractivity contribution is 7.90. The highest BCUT2D eigenvalue weighted by Gasteiger charge is 2.47. The molecular weight excluding hydrogens is 288 g/mol. The van der Waals surface area contributed by atoms with E-state index in [0.29, 0.717) is 0 Å². The van der Waals surface area contributed by atoms with Gasteiger partial charge in [-0.2, -0.15) is 0 Å². The maximum Gasteiger partial charge on any atom is 0.240 e. The van der Waals surface area contributed by atoms with Gasteiger partial charge in [0, 0.05) is 6.04 Å². The van der Waals surface area contributed by atoms with Crippen molar-refractivity contribution in [2.24, 2.45) is 10.6 Å². The molecule has 1 fully saturated rings. The van der Waals surface area contributed by atoms with Gasteiger partial charge in [-0.3, -0.25) is 0 Å². The molecule has 1 aliphatic carbocycles. The molecule has 0 bridgehead atoms. The van der Waals surface area contributed by atoms with Crippen LogP contribution >= 0.6 is 0 Å². The Morgan fingerprint density at radius 1 is 1.21 bits per heavy atom. The van der Waals surface area contributed by atoms with Crippen molar-refractivity contribution in [2.75, 3.05) is 0 Å². The summed E-state index contributed by atoms with van der Waals surface area (Å²) in [7, 11) is -7.63. The normalized spacial score (nSPS) is 22.2. The lowest BCUT2D eigenvalue weighted by Crippen LogP contribution is -2.28. The zero-order chi connectivity index (χ0) is 14.5. The van der Waals surface area contributed by atoms with E-state index in [1.54, 1.807) is 0 Å². The number of sulfonamides is 2. The van der Waals surface area contributed by atoms with Crippen LogP contribution in [0.2, 0.25) is 0 Å². The minimum Gasteiger partial charge on any atom is -0.225 e. The van der Waals surface area contributed by atoms with Crippen LogP contribution in [-0.4, -0.2) is 22.9 Å². The molecule has 1 unspecified atom stereocenters. The summed E-state index contributed by atoms with van der Waals surface area (Å²) in [6.07, 6.45) is 0.765. The van der Waals surface area contributed by atoms with Crippen LogP contribution in [0.1, 0.15) is 20.3 Å². The SMILES string of the molecule is CC1(C)CC1NS(=O)(=O)c1cccc(S(N)(=O)=O)c1. The minimum atomic E-state index is -3.91. The molecular formula is C11H16N2O4S2. The van der Waals surface area contributed by atoms with Gasteiger partial charge >= 0.3 is 0 Å². The molecule has 1 aromatic carbocycles. The van der Waals surface area contributed by atoms with Crippen LogP contribution in [0.5, 0.6) is 0 Å². The summed E-state index contributed by atoms with van der Waals surface area (Å²) in [5.74, 6) is 0. The van der Waals surface area contributed by atoms with Gasteiger partial charge in [-0.15, -0.1) is 0 Å². The number of primary sulfonamides is 1. The summed E-state index contributed by atoms with van der Waals surface area (Å²) in [6.45, 7) is 3.92. The highest BCUT2D eigenvalue weighted by Crippen LogP contribution is 2.45. The molecule has 1 aliphatic rings. The van der Waals surface area contributed by atoms with Crippen molar-refractivity contribution in [2.45, 2.75) is 36.1 Å². The third-order valence-electron chi connectivity index (χ3n) is 3.26. The van der Waals surface area contributed by atoms with Gasteiger partial charge in [-0.1, -0.05) is 19.9 Å². The average Bonchev–Trinajstić information content (AvgIpc) is 2.84. The monoisotopic (exact) mass is 304 g/mol. The molecule has 1 saturated carbocycles. The van der Waals surface area contributed by atoms with Crippen molar-refractivity contribution in [3.63, 3.8) is 0 Å². The van der Waals surface area contributed by atoms with Gasteiger partial charge in [-0.25, -0.2) is 26.7 Å². The first-order chi connectivity index (χ1) is 8.52. The van der Waals surface area contributed by atoms with Crippen molar-refractivity contribution in [3.05, 3.63) is 24.3 Å². The fraction of sp³-hybridized carbons (Fsp3) is 0.455. The zero-order valence-electron chi connectivity index (χ0n) is 10.6. The zero-order valence-corrected chi connectivity index (χ0v) is 12.3. The average molecular weight is 304 g/mol. The van der Waals surface area contributed by atoms with Gasteiger partial charge in [0.05, 0.1) is 9.79 Å². The third-order valence-corrected chi connectivity index (χ3v) is 5.64. The second-order valence-electron chi connectivity index (χ2n) is 5.39. The summed E-state index contributed by atoms with van der Waals surface area (Å²) in [6, 6.07) is 4.90. The predicted octanol–water partition coefficient (Wildman–Crippen LogP) is 0.411. The topological polar surface area (TPSA) is 106 Å². The molecule has 8 heteroatoms. The first-order valence-corrected chi connectivity index (χ1v) is 8.70. The summed E-state index contributed by atoms with van der Waals surface area (Å²) in [5, 5.41) is 4.98. The van der Waals surface area contributed by atoms with Gasteiger partial charge in [-0.05, 0) is 30.0 Å². The second-order valence-corrected chi connectivity index (χ2v) is 8.66. The van der Waals surface area contributed by atoms with Crippen molar-refractivity contribution >= 4 is 20.0 Å². The Hall–Kier alpha value is -0.960. The largest absolute Gasteiger partial charge is 0.240 e. The Kier molecular flexibility index (Phi) is 3.25. The molecule has 0 amide bonds. The Balaban J connectivity index is 2.32. The smallest absolute Gasteiger partial charge is 0.225 e. The van der Waals surface area contributed by atoms with E-state index in [4.69, 9.17) is 5.14 Å². The molecule has 1 aromatic rings. The van der Waals surface area contributed by atoms with Crippen LogP contribution in [0.15, 0.2) is 34.1 Å². The van der Waals surface area contributed by atoms with Gasteiger partial charge in [0.15, 0.2) is 0 Å². The molecule has 1 atom stereocenters. The molecule has 0 saturated heterocycles. The fourth-order valence-electron chi connectivity index (χ4n) is 1.74. The van der Waals surface area contributed by atoms with Crippen LogP contribution in [0.4, 0.5) is 0 Å². The number of hydrogen-bond acceptors (Lipinski definition) is 4. The van der Waals surface area contributed by atoms with E-state index in [-0.39, 0.29) is 21.2 Å². The van der Waals surface area contributed by atoms with Gasteiger partial charge in [0.25, 0.3) is 0 Å². The first-order valence-electron chi connectivity index (χ1n) is 5.68. The van der Waals surface area contributed by atoms with E-state index in [0.717, 1.165) is 12.5 Å². The van der Waals surface area contributed by atoms with Crippen LogP contribution < -0.4 is 9.86 Å². The molecule has 106 valence electrons. The summed E-state index contributed by atoms with van der Waals surface area (Å²) < 4.78 is 49.2. The molecule has 19 heavy (non-hydrogen) atoms. The number of nitrogens with one attached hydrogen (secondary N) is 1.